The third-order valence-electron chi connectivity index (χ3n) is 1.29. The highest BCUT2D eigenvalue weighted by atomic mass is 19.4. The van der Waals surface area contributed by atoms with Crippen molar-refractivity contribution in [1.82, 2.24) is 0 Å². The zero-order chi connectivity index (χ0) is 10.6. The zero-order valence-electron chi connectivity index (χ0n) is 7.35. The first-order chi connectivity index (χ1) is 5.73. The number of carbonyl (C=O) groups is 1. The summed E-state index contributed by atoms with van der Waals surface area (Å²) in [6, 6.07) is 0. The van der Waals surface area contributed by atoms with Gasteiger partial charge in [-0.25, -0.2) is 4.79 Å². The van der Waals surface area contributed by atoms with Gasteiger partial charge in [0.15, 0.2) is 0 Å². The second-order valence-electron chi connectivity index (χ2n) is 3.10. The molecule has 5 heteroatoms. The first-order valence-electron chi connectivity index (χ1n) is 3.74. The third kappa shape index (κ3) is 5.27. The number of rotatable bonds is 3. The summed E-state index contributed by atoms with van der Waals surface area (Å²) in [6.45, 7) is 3.20. The van der Waals surface area contributed by atoms with Crippen LogP contribution in [0.2, 0.25) is 0 Å². The van der Waals surface area contributed by atoms with Gasteiger partial charge in [-0.2, -0.15) is 13.2 Å². The molecule has 0 spiro atoms. The van der Waals surface area contributed by atoms with Crippen molar-refractivity contribution in [2.75, 3.05) is 0 Å². The Morgan fingerprint density at radius 3 is 2.15 bits per heavy atom. The fraction of sp³-hybridized carbons (Fsp3) is 0.625. The van der Waals surface area contributed by atoms with E-state index in [0.717, 1.165) is 0 Å². The predicted octanol–water partition coefficient (Wildman–Crippen LogP) is 2.61. The lowest BCUT2D eigenvalue weighted by Crippen LogP contribution is -2.15. The fourth-order valence-corrected chi connectivity index (χ4v) is 0.845. The molecular weight excluding hydrogens is 185 g/mol. The largest absolute Gasteiger partial charge is 0.478 e. The Balaban J connectivity index is 4.67. The number of hydrogen-bond donors (Lipinski definition) is 1. The lowest BCUT2D eigenvalue weighted by molar-refractivity contribution is -0.132. The maximum atomic E-state index is 12.1. The van der Waals surface area contributed by atoms with Crippen LogP contribution in [0, 0.1) is 5.92 Å². The Morgan fingerprint density at radius 2 is 1.92 bits per heavy atom. The van der Waals surface area contributed by atoms with E-state index in [1.807, 2.05) is 0 Å². The molecule has 76 valence electrons. The average Bonchev–Trinajstić information content (AvgIpc) is 1.81. The first-order valence-corrected chi connectivity index (χ1v) is 3.74. The van der Waals surface area contributed by atoms with Crippen LogP contribution in [0.5, 0.6) is 0 Å². The van der Waals surface area contributed by atoms with Gasteiger partial charge in [-0.3, -0.25) is 0 Å². The van der Waals surface area contributed by atoms with Crippen LogP contribution in [-0.4, -0.2) is 17.3 Å². The van der Waals surface area contributed by atoms with E-state index in [0.29, 0.717) is 0 Å². The number of allylic oxidation sites excluding steroid dienone is 1. The van der Waals surface area contributed by atoms with E-state index < -0.39 is 17.7 Å². The number of hydrogen-bond acceptors (Lipinski definition) is 1. The number of aliphatic carboxylic acids is 1. The second-order valence-corrected chi connectivity index (χ2v) is 3.10. The maximum absolute atomic E-state index is 12.1. The van der Waals surface area contributed by atoms with E-state index in [1.165, 1.54) is 0 Å². The monoisotopic (exact) mass is 196 g/mol. The molecule has 0 unspecified atom stereocenters. The number of alkyl halides is 3. The standard InChI is InChI=1S/C8H11F3O2/c1-5(2)3-6(4-7(12)13)8(9,10)11/h4-5H,3H2,1-2H3,(H,12,13)/b6-4+. The van der Waals surface area contributed by atoms with Gasteiger partial charge >= 0.3 is 12.1 Å². The van der Waals surface area contributed by atoms with E-state index in [9.17, 15) is 18.0 Å². The summed E-state index contributed by atoms with van der Waals surface area (Å²) in [5, 5.41) is 8.18. The van der Waals surface area contributed by atoms with Crippen LogP contribution in [0.1, 0.15) is 20.3 Å². The van der Waals surface area contributed by atoms with Gasteiger partial charge in [0, 0.05) is 11.6 Å². The molecule has 0 aliphatic heterocycles. The van der Waals surface area contributed by atoms with Crippen molar-refractivity contribution in [3.8, 4) is 0 Å². The topological polar surface area (TPSA) is 37.3 Å². The van der Waals surface area contributed by atoms with Gasteiger partial charge in [-0.05, 0) is 12.3 Å². The molecule has 0 saturated heterocycles. The zero-order valence-corrected chi connectivity index (χ0v) is 7.35. The highest BCUT2D eigenvalue weighted by Gasteiger charge is 2.34. The molecule has 0 aromatic carbocycles. The van der Waals surface area contributed by atoms with E-state index in [-0.39, 0.29) is 18.4 Å². The number of carboxylic acid groups (broad SMARTS) is 1. The highest BCUT2D eigenvalue weighted by molar-refractivity contribution is 5.80. The van der Waals surface area contributed by atoms with Crippen LogP contribution >= 0.6 is 0 Å². The third-order valence-corrected chi connectivity index (χ3v) is 1.29. The van der Waals surface area contributed by atoms with Gasteiger partial charge in [0.25, 0.3) is 0 Å². The average molecular weight is 196 g/mol. The van der Waals surface area contributed by atoms with Crippen molar-refractivity contribution < 1.29 is 23.1 Å². The van der Waals surface area contributed by atoms with E-state index in [4.69, 9.17) is 5.11 Å². The summed E-state index contributed by atoms with van der Waals surface area (Å²) in [5.41, 5.74) is -0.991. The van der Waals surface area contributed by atoms with Crippen LogP contribution in [0.25, 0.3) is 0 Å². The Hall–Kier alpha value is -1.00. The number of halogens is 3. The molecule has 0 aliphatic carbocycles. The van der Waals surface area contributed by atoms with Crippen LogP contribution in [0.3, 0.4) is 0 Å². The van der Waals surface area contributed by atoms with Gasteiger partial charge < -0.3 is 5.11 Å². The van der Waals surface area contributed by atoms with Gasteiger partial charge in [0.1, 0.15) is 0 Å². The molecular formula is C8H11F3O2. The van der Waals surface area contributed by atoms with Crippen molar-refractivity contribution in [3.05, 3.63) is 11.6 Å². The Labute approximate surface area is 74.1 Å². The number of carboxylic acids is 1. The van der Waals surface area contributed by atoms with Crippen molar-refractivity contribution in [3.63, 3.8) is 0 Å². The van der Waals surface area contributed by atoms with E-state index in [1.54, 1.807) is 13.8 Å². The molecule has 0 saturated carbocycles. The van der Waals surface area contributed by atoms with Gasteiger partial charge in [-0.1, -0.05) is 13.8 Å². The molecule has 0 heterocycles. The molecule has 0 amide bonds. The minimum Gasteiger partial charge on any atom is -0.478 e. The van der Waals surface area contributed by atoms with Crippen molar-refractivity contribution >= 4 is 5.97 Å². The fourth-order valence-electron chi connectivity index (χ4n) is 0.845. The lowest BCUT2D eigenvalue weighted by atomic mass is 10.0. The highest BCUT2D eigenvalue weighted by Crippen LogP contribution is 2.30. The van der Waals surface area contributed by atoms with Crippen molar-refractivity contribution in [1.29, 1.82) is 0 Å². The molecule has 0 aliphatic rings. The van der Waals surface area contributed by atoms with Crippen LogP contribution < -0.4 is 0 Å². The molecule has 0 aromatic heterocycles. The van der Waals surface area contributed by atoms with Gasteiger partial charge in [-0.15, -0.1) is 0 Å². The lowest BCUT2D eigenvalue weighted by Gasteiger charge is -2.12. The normalized spacial score (nSPS) is 13.5. The van der Waals surface area contributed by atoms with Gasteiger partial charge in [0.05, 0.1) is 0 Å². The second kappa shape index (κ2) is 4.30. The van der Waals surface area contributed by atoms with E-state index in [2.05, 4.69) is 0 Å². The quantitative estimate of drug-likeness (QED) is 0.704. The van der Waals surface area contributed by atoms with E-state index >= 15 is 0 Å². The van der Waals surface area contributed by atoms with Gasteiger partial charge in [0.2, 0.25) is 0 Å². The first kappa shape index (κ1) is 12.0. The summed E-state index contributed by atoms with van der Waals surface area (Å²) in [4.78, 5) is 10.1. The summed E-state index contributed by atoms with van der Waals surface area (Å²) in [6.07, 6.45) is -4.58. The van der Waals surface area contributed by atoms with Crippen LogP contribution in [0.4, 0.5) is 13.2 Å². The minimum absolute atomic E-state index is 0.216. The Bertz CT molecular complexity index is 216. The molecule has 0 radical (unpaired) electrons. The van der Waals surface area contributed by atoms with Crippen LogP contribution in [0.15, 0.2) is 11.6 Å². The van der Waals surface area contributed by atoms with Crippen molar-refractivity contribution in [2.45, 2.75) is 26.4 Å². The smallest absolute Gasteiger partial charge is 0.412 e. The summed E-state index contributed by atoms with van der Waals surface area (Å²) in [5.74, 6) is -1.78. The molecule has 0 fully saturated rings. The SMILES string of the molecule is CC(C)C/C(=C\C(=O)O)C(F)(F)F. The summed E-state index contributed by atoms with van der Waals surface area (Å²) in [7, 11) is 0. The molecule has 0 bridgehead atoms. The van der Waals surface area contributed by atoms with Crippen molar-refractivity contribution in [2.24, 2.45) is 5.92 Å². The predicted molar refractivity (Wildman–Crippen MR) is 41.2 cm³/mol. The molecule has 13 heavy (non-hydrogen) atoms. The molecule has 0 atom stereocenters. The molecule has 2 nitrogen and oxygen atoms in total. The Kier molecular flexibility index (Phi) is 3.97. The Morgan fingerprint density at radius 1 is 1.46 bits per heavy atom. The van der Waals surface area contributed by atoms with Crippen LogP contribution in [-0.2, 0) is 4.79 Å². The maximum Gasteiger partial charge on any atom is 0.412 e. The minimum atomic E-state index is -4.54. The summed E-state index contributed by atoms with van der Waals surface area (Å²) >= 11 is 0. The molecule has 0 rings (SSSR count). The molecule has 1 N–H and O–H groups in total. The summed E-state index contributed by atoms with van der Waals surface area (Å²) < 4.78 is 36.3. The molecule has 0 aromatic rings.